The molecule has 0 amide bonds. The quantitative estimate of drug-likeness (QED) is 0.273. The highest BCUT2D eigenvalue weighted by Gasteiger charge is 2.15. The lowest BCUT2D eigenvalue weighted by Gasteiger charge is -2.06. The topological polar surface area (TPSA) is 240 Å². The summed E-state index contributed by atoms with van der Waals surface area (Å²) < 4.78 is 43.7. The van der Waals surface area contributed by atoms with Gasteiger partial charge in [0.1, 0.15) is 11.4 Å². The Morgan fingerprint density at radius 1 is 0.793 bits per heavy atom. The molecule has 14 nitrogen and oxygen atoms in total. The van der Waals surface area contributed by atoms with Crippen LogP contribution < -0.4 is 20.9 Å². The molecule has 0 unspecified atom stereocenters. The van der Waals surface area contributed by atoms with Gasteiger partial charge in [0.2, 0.25) is 0 Å². The van der Waals surface area contributed by atoms with Crippen molar-refractivity contribution in [2.24, 2.45) is 0 Å². The van der Waals surface area contributed by atoms with Crippen molar-refractivity contribution < 1.29 is 48.3 Å². The van der Waals surface area contributed by atoms with E-state index in [0.717, 1.165) is 0 Å². The molecular weight excluding hydrogens is 416 g/mol. The summed E-state index contributed by atoms with van der Waals surface area (Å²) in [5.41, 5.74) is 8.26. The third-order valence-electron chi connectivity index (χ3n) is 2.88. The van der Waals surface area contributed by atoms with E-state index in [1.165, 1.54) is 38.5 Å². The van der Waals surface area contributed by atoms with Gasteiger partial charge in [-0.25, -0.2) is 0 Å². The summed E-state index contributed by atoms with van der Waals surface area (Å²) in [5.74, 6) is 0.514. The molecule has 0 saturated carbocycles. The van der Waals surface area contributed by atoms with Gasteiger partial charge in [0.05, 0.1) is 36.2 Å². The summed E-state index contributed by atoms with van der Waals surface area (Å²) in [6.45, 7) is 0. The first-order valence-corrected chi connectivity index (χ1v) is 8.59. The van der Waals surface area contributed by atoms with Gasteiger partial charge in [-0.1, -0.05) is 0 Å². The number of nitrogens with zero attached hydrogens (tertiary/aromatic N) is 2. The SMILES string of the molecule is COc1ccc([NH3+])cc1[N+](=O)[O-].COc1ccc([NH3+])cc1[N+](=O)[O-].O=S(=O)([O-])[O-]. The Morgan fingerprint density at radius 3 is 1.28 bits per heavy atom. The van der Waals surface area contributed by atoms with Crippen molar-refractivity contribution in [2.75, 3.05) is 14.2 Å². The molecule has 29 heavy (non-hydrogen) atoms. The fourth-order valence-corrected chi connectivity index (χ4v) is 1.76. The van der Waals surface area contributed by atoms with Crippen molar-refractivity contribution in [3.05, 3.63) is 56.6 Å². The summed E-state index contributed by atoms with van der Waals surface area (Å²) in [6, 6.07) is 9.12. The molecule has 15 heteroatoms. The Balaban J connectivity index is 0.000000442. The van der Waals surface area contributed by atoms with E-state index < -0.39 is 20.2 Å². The van der Waals surface area contributed by atoms with Gasteiger partial charge < -0.3 is 30.0 Å². The van der Waals surface area contributed by atoms with Crippen LogP contribution in [-0.4, -0.2) is 41.6 Å². The highest BCUT2D eigenvalue weighted by molar-refractivity contribution is 7.79. The van der Waals surface area contributed by atoms with E-state index >= 15 is 0 Å². The maximum Gasteiger partial charge on any atom is 0.316 e. The van der Waals surface area contributed by atoms with Gasteiger partial charge in [-0.15, -0.1) is 0 Å². The molecule has 6 N–H and O–H groups in total. The lowest BCUT2D eigenvalue weighted by Crippen LogP contribution is -2.40. The van der Waals surface area contributed by atoms with Crippen LogP contribution in [0.15, 0.2) is 36.4 Å². The molecule has 0 spiro atoms. The van der Waals surface area contributed by atoms with E-state index in [1.807, 2.05) is 0 Å². The van der Waals surface area contributed by atoms with Crippen molar-refractivity contribution in [3.63, 3.8) is 0 Å². The summed E-state index contributed by atoms with van der Waals surface area (Å²) in [7, 11) is -2.38. The molecule has 2 aromatic rings. The zero-order valence-corrected chi connectivity index (χ0v) is 16.1. The molecule has 0 fully saturated rings. The van der Waals surface area contributed by atoms with Gasteiger partial charge in [-0.2, -0.15) is 0 Å². The molecule has 0 aliphatic rings. The van der Waals surface area contributed by atoms with Crippen LogP contribution in [0.25, 0.3) is 0 Å². The largest absolute Gasteiger partial charge is 0.759 e. The third kappa shape index (κ3) is 10.5. The van der Waals surface area contributed by atoms with Crippen molar-refractivity contribution in [1.29, 1.82) is 0 Å². The third-order valence-corrected chi connectivity index (χ3v) is 2.88. The van der Waals surface area contributed by atoms with E-state index in [0.29, 0.717) is 11.4 Å². The first-order chi connectivity index (χ1) is 13.3. The molecule has 0 aliphatic heterocycles. The van der Waals surface area contributed by atoms with Crippen LogP contribution in [0.5, 0.6) is 11.5 Å². The molecule has 0 radical (unpaired) electrons. The number of hydrogen-bond donors (Lipinski definition) is 2. The maximum absolute atomic E-state index is 10.4. The number of nitro groups is 2. The monoisotopic (exact) mass is 434 g/mol. The van der Waals surface area contributed by atoms with Crippen LogP contribution in [0.3, 0.4) is 0 Å². The smallest absolute Gasteiger partial charge is 0.316 e. The second-order valence-corrected chi connectivity index (χ2v) is 5.75. The van der Waals surface area contributed by atoms with Crippen LogP contribution in [0.1, 0.15) is 0 Å². The average Bonchev–Trinajstić information content (AvgIpc) is 2.60. The number of hydrogen-bond acceptors (Lipinski definition) is 10. The summed E-state index contributed by atoms with van der Waals surface area (Å²) >= 11 is 0. The van der Waals surface area contributed by atoms with Crippen LogP contribution in [0, 0.1) is 20.2 Å². The lowest BCUT2D eigenvalue weighted by molar-refractivity contribution is -0.386. The molecule has 2 rings (SSSR count). The summed E-state index contributed by atoms with van der Waals surface area (Å²) in [5, 5.41) is 20.9. The predicted molar refractivity (Wildman–Crippen MR) is 94.9 cm³/mol. The van der Waals surface area contributed by atoms with Gasteiger partial charge in [-0.05, 0) is 12.1 Å². The Hall–Kier alpha value is -3.37. The summed E-state index contributed by atoms with van der Waals surface area (Å²) in [4.78, 5) is 19.9. The molecule has 0 heterocycles. The maximum atomic E-state index is 10.4. The van der Waals surface area contributed by atoms with E-state index in [1.54, 1.807) is 12.1 Å². The Bertz CT molecular complexity index is 893. The fraction of sp³-hybridized carbons (Fsp3) is 0.143. The lowest BCUT2D eigenvalue weighted by atomic mass is 10.2. The number of quaternary nitrogens is 2. The van der Waals surface area contributed by atoms with Crippen LogP contribution in [0.2, 0.25) is 0 Å². The van der Waals surface area contributed by atoms with Crippen molar-refractivity contribution >= 4 is 33.1 Å². The van der Waals surface area contributed by atoms with Gasteiger partial charge in [-0.3, -0.25) is 28.6 Å². The van der Waals surface area contributed by atoms with E-state index in [2.05, 4.69) is 11.5 Å². The van der Waals surface area contributed by atoms with Gasteiger partial charge in [0.25, 0.3) is 0 Å². The fourth-order valence-electron chi connectivity index (χ4n) is 1.76. The van der Waals surface area contributed by atoms with Gasteiger partial charge >= 0.3 is 11.4 Å². The van der Waals surface area contributed by atoms with E-state index in [-0.39, 0.29) is 22.9 Å². The minimum Gasteiger partial charge on any atom is -0.759 e. The van der Waals surface area contributed by atoms with Crippen molar-refractivity contribution in [2.45, 2.75) is 0 Å². The Kier molecular flexibility index (Phi) is 10.1. The minimum atomic E-state index is -5.17. The molecule has 0 saturated heterocycles. The number of ether oxygens (including phenoxy) is 2. The molecule has 0 aromatic heterocycles. The Labute approximate surface area is 164 Å². The second kappa shape index (κ2) is 11.5. The zero-order chi connectivity index (χ0) is 22.8. The van der Waals surface area contributed by atoms with E-state index in [9.17, 15) is 20.2 Å². The second-order valence-electron chi connectivity index (χ2n) is 4.93. The average molecular weight is 434 g/mol. The number of benzene rings is 2. The van der Waals surface area contributed by atoms with Gasteiger partial charge in [0.15, 0.2) is 11.5 Å². The molecule has 0 atom stereocenters. The molecule has 0 aliphatic carbocycles. The number of methoxy groups -OCH3 is 2. The highest BCUT2D eigenvalue weighted by atomic mass is 32.3. The molecule has 2 aromatic carbocycles. The first kappa shape index (κ1) is 25.6. The Morgan fingerprint density at radius 2 is 1.07 bits per heavy atom. The number of rotatable bonds is 4. The molecule has 0 bridgehead atoms. The summed E-state index contributed by atoms with van der Waals surface area (Å²) in [6.07, 6.45) is 0. The first-order valence-electron chi connectivity index (χ1n) is 7.25. The van der Waals surface area contributed by atoms with Crippen LogP contribution >= 0.6 is 0 Å². The standard InChI is InChI=1S/2C7H8N2O3.H2O4S/c2*1-12-7-3-2-5(8)4-6(7)9(10)11;1-5(2,3)4/h2*2-4H,8H2,1H3;(H2,1,2,3,4). The minimum absolute atomic E-state index is 0.0509. The zero-order valence-electron chi connectivity index (χ0n) is 15.3. The normalized spacial score (nSPS) is 9.86. The molecule has 160 valence electrons. The predicted octanol–water partition coefficient (Wildman–Crippen LogP) is -0.384. The van der Waals surface area contributed by atoms with Crippen LogP contribution in [-0.2, 0) is 10.4 Å². The van der Waals surface area contributed by atoms with Gasteiger partial charge in [0, 0.05) is 22.5 Å². The van der Waals surface area contributed by atoms with Crippen molar-refractivity contribution in [1.82, 2.24) is 0 Å². The van der Waals surface area contributed by atoms with Crippen molar-refractivity contribution in [3.8, 4) is 11.5 Å². The number of nitro benzene ring substituents is 2. The van der Waals surface area contributed by atoms with E-state index in [4.69, 9.17) is 27.0 Å². The molecular formula is C14H18N4O10S. The van der Waals surface area contributed by atoms with Crippen LogP contribution in [0.4, 0.5) is 22.7 Å². The highest BCUT2D eigenvalue weighted by Crippen LogP contribution is 2.28.